The first-order valence-electron chi connectivity index (χ1n) is 5.56. The lowest BCUT2D eigenvalue weighted by molar-refractivity contribution is 0.103. The van der Waals surface area contributed by atoms with Crippen molar-refractivity contribution in [3.8, 4) is 0 Å². The summed E-state index contributed by atoms with van der Waals surface area (Å²) >= 11 is 0. The molecule has 18 heavy (non-hydrogen) atoms. The van der Waals surface area contributed by atoms with Crippen molar-refractivity contribution in [2.75, 3.05) is 0 Å². The number of carbonyl (C=O) groups excluding carboxylic acids is 1. The average Bonchev–Trinajstić information content (AvgIpc) is 2.35. The molecule has 0 atom stereocenters. The summed E-state index contributed by atoms with van der Waals surface area (Å²) in [7, 11) is 0. The second-order valence-corrected chi connectivity index (χ2v) is 4.25. The summed E-state index contributed by atoms with van der Waals surface area (Å²) in [4.78, 5) is 12.1. The van der Waals surface area contributed by atoms with E-state index < -0.39 is 17.4 Å². The van der Waals surface area contributed by atoms with Crippen molar-refractivity contribution in [1.82, 2.24) is 0 Å². The van der Waals surface area contributed by atoms with Gasteiger partial charge in [-0.3, -0.25) is 4.79 Å². The van der Waals surface area contributed by atoms with Crippen LogP contribution >= 0.6 is 0 Å². The third-order valence-electron chi connectivity index (χ3n) is 2.80. The Hall–Kier alpha value is -2.03. The van der Waals surface area contributed by atoms with E-state index in [4.69, 9.17) is 0 Å². The number of hydrogen-bond donors (Lipinski definition) is 0. The van der Waals surface area contributed by atoms with Crippen molar-refractivity contribution < 1.29 is 13.6 Å². The van der Waals surface area contributed by atoms with Gasteiger partial charge in [0.2, 0.25) is 0 Å². The van der Waals surface area contributed by atoms with Crippen molar-refractivity contribution >= 4 is 5.78 Å². The number of benzene rings is 2. The molecule has 2 aromatic rings. The highest BCUT2D eigenvalue weighted by atomic mass is 19.1. The van der Waals surface area contributed by atoms with E-state index in [0.29, 0.717) is 5.56 Å². The van der Waals surface area contributed by atoms with Gasteiger partial charge in [0.05, 0.1) is 11.1 Å². The number of hydrogen-bond acceptors (Lipinski definition) is 1. The fourth-order valence-corrected chi connectivity index (χ4v) is 1.78. The van der Waals surface area contributed by atoms with Crippen LogP contribution in [0.15, 0.2) is 36.4 Å². The maximum atomic E-state index is 13.8. The van der Waals surface area contributed by atoms with Crippen molar-refractivity contribution in [1.29, 1.82) is 0 Å². The highest BCUT2D eigenvalue weighted by Crippen LogP contribution is 2.19. The first-order chi connectivity index (χ1) is 8.50. The smallest absolute Gasteiger partial charge is 0.198 e. The van der Waals surface area contributed by atoms with E-state index in [0.717, 1.165) is 5.56 Å². The summed E-state index contributed by atoms with van der Waals surface area (Å²) < 4.78 is 27.4. The number of carbonyl (C=O) groups is 1. The Morgan fingerprint density at radius 2 is 1.72 bits per heavy atom. The molecule has 2 aromatic carbocycles. The molecule has 0 bridgehead atoms. The van der Waals surface area contributed by atoms with Crippen molar-refractivity contribution in [2.45, 2.75) is 13.8 Å². The largest absolute Gasteiger partial charge is 0.288 e. The minimum absolute atomic E-state index is 0.0977. The van der Waals surface area contributed by atoms with Crippen molar-refractivity contribution in [3.63, 3.8) is 0 Å². The van der Waals surface area contributed by atoms with Crippen LogP contribution < -0.4 is 0 Å². The van der Waals surface area contributed by atoms with Crippen molar-refractivity contribution in [2.24, 2.45) is 0 Å². The fourth-order valence-electron chi connectivity index (χ4n) is 1.78. The zero-order valence-corrected chi connectivity index (χ0v) is 10.1. The van der Waals surface area contributed by atoms with Gasteiger partial charge in [0.25, 0.3) is 0 Å². The number of rotatable bonds is 2. The molecule has 0 radical (unpaired) electrons. The van der Waals surface area contributed by atoms with Crippen LogP contribution in [-0.4, -0.2) is 5.78 Å². The van der Waals surface area contributed by atoms with Crippen LogP contribution in [0.5, 0.6) is 0 Å². The Labute approximate surface area is 104 Å². The van der Waals surface area contributed by atoms with Crippen LogP contribution in [0.1, 0.15) is 27.0 Å². The molecule has 0 fully saturated rings. The van der Waals surface area contributed by atoms with Crippen LogP contribution in [0.3, 0.4) is 0 Å². The highest BCUT2D eigenvalue weighted by Gasteiger charge is 2.18. The molecule has 0 unspecified atom stereocenters. The molecular formula is C15H12F2O. The Balaban J connectivity index is 2.55. The van der Waals surface area contributed by atoms with Gasteiger partial charge in [0, 0.05) is 0 Å². The lowest BCUT2D eigenvalue weighted by atomic mass is 9.99. The van der Waals surface area contributed by atoms with Crippen LogP contribution in [0.4, 0.5) is 8.78 Å². The van der Waals surface area contributed by atoms with Crippen molar-refractivity contribution in [3.05, 3.63) is 70.3 Å². The molecule has 3 heteroatoms. The number of aryl methyl sites for hydroxylation is 2. The van der Waals surface area contributed by atoms with Gasteiger partial charge in [-0.2, -0.15) is 0 Å². The van der Waals surface area contributed by atoms with Gasteiger partial charge in [-0.05, 0) is 37.6 Å². The molecular weight excluding hydrogens is 234 g/mol. The third-order valence-corrected chi connectivity index (χ3v) is 2.80. The Morgan fingerprint density at radius 1 is 1.00 bits per heavy atom. The number of ketones is 1. The topological polar surface area (TPSA) is 17.1 Å². The van der Waals surface area contributed by atoms with Gasteiger partial charge in [0.1, 0.15) is 11.6 Å². The van der Waals surface area contributed by atoms with E-state index in [1.807, 2.05) is 0 Å². The second-order valence-electron chi connectivity index (χ2n) is 4.25. The van der Waals surface area contributed by atoms with Crippen LogP contribution in [-0.2, 0) is 0 Å². The van der Waals surface area contributed by atoms with Crippen LogP contribution in [0.25, 0.3) is 0 Å². The highest BCUT2D eigenvalue weighted by molar-refractivity contribution is 6.09. The normalized spacial score (nSPS) is 10.4. The molecule has 0 amide bonds. The lowest BCUT2D eigenvalue weighted by Gasteiger charge is -2.06. The van der Waals surface area contributed by atoms with Gasteiger partial charge < -0.3 is 0 Å². The first-order valence-corrected chi connectivity index (χ1v) is 5.56. The standard InChI is InChI=1S/C15H12F2O/c1-9-6-7-13(16)12(8-9)15(18)11-5-3-4-10(2)14(11)17/h3-8H,1-2H3. The van der Waals surface area contributed by atoms with Gasteiger partial charge in [-0.1, -0.05) is 23.8 Å². The van der Waals surface area contributed by atoms with E-state index in [1.165, 1.54) is 18.2 Å². The minimum Gasteiger partial charge on any atom is -0.288 e. The zero-order chi connectivity index (χ0) is 13.3. The Morgan fingerprint density at radius 3 is 2.44 bits per heavy atom. The summed E-state index contributed by atoms with van der Waals surface area (Å²) in [6.07, 6.45) is 0. The minimum atomic E-state index is -0.633. The van der Waals surface area contributed by atoms with Gasteiger partial charge in [-0.15, -0.1) is 0 Å². The SMILES string of the molecule is Cc1ccc(F)c(C(=O)c2cccc(C)c2F)c1. The molecule has 92 valence electrons. The van der Waals surface area contributed by atoms with Gasteiger partial charge in [-0.25, -0.2) is 8.78 Å². The summed E-state index contributed by atoms with van der Waals surface area (Å²) in [5.74, 6) is -1.85. The van der Waals surface area contributed by atoms with Gasteiger partial charge in [0.15, 0.2) is 5.78 Å². The quantitative estimate of drug-likeness (QED) is 0.736. The molecule has 0 aliphatic carbocycles. The summed E-state index contributed by atoms with van der Waals surface area (Å²) in [5, 5.41) is 0. The Bertz CT molecular complexity index is 614. The molecule has 2 rings (SSSR count). The summed E-state index contributed by atoms with van der Waals surface area (Å²) in [6, 6.07) is 8.74. The molecule has 0 heterocycles. The average molecular weight is 246 g/mol. The van der Waals surface area contributed by atoms with Crippen LogP contribution in [0, 0.1) is 25.5 Å². The number of halogens is 2. The summed E-state index contributed by atoms with van der Waals surface area (Å²) in [5.41, 5.74) is 0.931. The molecule has 0 saturated carbocycles. The molecule has 0 saturated heterocycles. The molecule has 0 aliphatic rings. The summed E-state index contributed by atoms with van der Waals surface area (Å²) in [6.45, 7) is 3.32. The Kier molecular flexibility index (Phi) is 3.24. The first kappa shape index (κ1) is 12.4. The van der Waals surface area contributed by atoms with Crippen LogP contribution in [0.2, 0.25) is 0 Å². The molecule has 0 spiro atoms. The van der Waals surface area contributed by atoms with E-state index in [1.54, 1.807) is 32.0 Å². The molecule has 0 aromatic heterocycles. The maximum absolute atomic E-state index is 13.8. The monoisotopic (exact) mass is 246 g/mol. The van der Waals surface area contributed by atoms with E-state index in [2.05, 4.69) is 0 Å². The molecule has 1 nitrogen and oxygen atoms in total. The second kappa shape index (κ2) is 4.69. The molecule has 0 N–H and O–H groups in total. The van der Waals surface area contributed by atoms with E-state index >= 15 is 0 Å². The predicted molar refractivity (Wildman–Crippen MR) is 65.7 cm³/mol. The van der Waals surface area contributed by atoms with E-state index in [9.17, 15) is 13.6 Å². The molecule has 0 aliphatic heterocycles. The predicted octanol–water partition coefficient (Wildman–Crippen LogP) is 3.81. The lowest BCUT2D eigenvalue weighted by Crippen LogP contribution is -2.08. The maximum Gasteiger partial charge on any atom is 0.198 e. The van der Waals surface area contributed by atoms with E-state index in [-0.39, 0.29) is 11.1 Å². The zero-order valence-electron chi connectivity index (χ0n) is 10.1. The fraction of sp³-hybridized carbons (Fsp3) is 0.133. The van der Waals surface area contributed by atoms with Gasteiger partial charge >= 0.3 is 0 Å². The third kappa shape index (κ3) is 2.16.